The lowest BCUT2D eigenvalue weighted by Crippen LogP contribution is -2.04. The first-order valence-electron chi connectivity index (χ1n) is 6.31. The van der Waals surface area contributed by atoms with Gasteiger partial charge in [-0.1, -0.05) is 36.4 Å². The van der Waals surface area contributed by atoms with E-state index in [-0.39, 0.29) is 0 Å². The maximum Gasteiger partial charge on any atom is 0.416 e. The summed E-state index contributed by atoms with van der Waals surface area (Å²) in [5, 5.41) is 1.11. The maximum atomic E-state index is 14.0. The molecule has 0 bridgehead atoms. The summed E-state index contributed by atoms with van der Waals surface area (Å²) >= 11 is 0. The van der Waals surface area contributed by atoms with E-state index in [1.165, 1.54) is 12.1 Å². The predicted molar refractivity (Wildman–Crippen MR) is 74.3 cm³/mol. The number of benzene rings is 3. The number of rotatable bonds is 1. The standard InChI is InChI=1S/C17H10F4/c18-16-10-13(8-12-4-1-2-7-15(12)16)11-5-3-6-14(9-11)17(19,20)21/h1-10H. The van der Waals surface area contributed by atoms with Gasteiger partial charge >= 0.3 is 6.18 Å². The van der Waals surface area contributed by atoms with E-state index in [4.69, 9.17) is 0 Å². The van der Waals surface area contributed by atoms with Crippen LogP contribution >= 0.6 is 0 Å². The molecule has 0 aliphatic heterocycles. The van der Waals surface area contributed by atoms with Crippen molar-refractivity contribution in [3.05, 3.63) is 72.0 Å². The van der Waals surface area contributed by atoms with Crippen LogP contribution in [0.4, 0.5) is 17.6 Å². The highest BCUT2D eigenvalue weighted by molar-refractivity contribution is 5.88. The molecule has 0 N–H and O–H groups in total. The van der Waals surface area contributed by atoms with Gasteiger partial charge in [0, 0.05) is 5.39 Å². The zero-order chi connectivity index (χ0) is 15.0. The van der Waals surface area contributed by atoms with Crippen LogP contribution in [0.1, 0.15) is 5.56 Å². The Labute approximate surface area is 118 Å². The van der Waals surface area contributed by atoms with Crippen molar-refractivity contribution in [2.45, 2.75) is 6.18 Å². The van der Waals surface area contributed by atoms with Crippen molar-refractivity contribution in [3.8, 4) is 11.1 Å². The van der Waals surface area contributed by atoms with Crippen LogP contribution in [-0.2, 0) is 6.18 Å². The van der Waals surface area contributed by atoms with Gasteiger partial charge in [-0.15, -0.1) is 0 Å². The normalized spacial score (nSPS) is 11.8. The molecule has 106 valence electrons. The average Bonchev–Trinajstić information content (AvgIpc) is 2.46. The topological polar surface area (TPSA) is 0 Å². The minimum atomic E-state index is -4.41. The Balaban J connectivity index is 2.17. The Morgan fingerprint density at radius 2 is 1.48 bits per heavy atom. The molecule has 0 heterocycles. The molecule has 0 aliphatic carbocycles. The van der Waals surface area contributed by atoms with Crippen LogP contribution in [0.2, 0.25) is 0 Å². The average molecular weight is 290 g/mol. The number of alkyl halides is 3. The highest BCUT2D eigenvalue weighted by Crippen LogP contribution is 2.33. The van der Waals surface area contributed by atoms with Crippen molar-refractivity contribution < 1.29 is 17.6 Å². The predicted octanol–water partition coefficient (Wildman–Crippen LogP) is 5.66. The number of hydrogen-bond acceptors (Lipinski definition) is 0. The molecule has 0 saturated heterocycles. The highest BCUT2D eigenvalue weighted by Gasteiger charge is 2.30. The fourth-order valence-electron chi connectivity index (χ4n) is 2.31. The van der Waals surface area contributed by atoms with Crippen LogP contribution in [0, 0.1) is 5.82 Å². The lowest BCUT2D eigenvalue weighted by Gasteiger charge is -2.10. The second-order valence-electron chi connectivity index (χ2n) is 4.76. The fourth-order valence-corrected chi connectivity index (χ4v) is 2.31. The lowest BCUT2D eigenvalue weighted by atomic mass is 9.99. The van der Waals surface area contributed by atoms with Crippen molar-refractivity contribution in [1.82, 2.24) is 0 Å². The molecule has 0 nitrogen and oxygen atoms in total. The van der Waals surface area contributed by atoms with E-state index in [0.717, 1.165) is 12.1 Å². The minimum Gasteiger partial charge on any atom is -0.206 e. The molecule has 0 unspecified atom stereocenters. The van der Waals surface area contributed by atoms with Gasteiger partial charge in [-0.25, -0.2) is 4.39 Å². The van der Waals surface area contributed by atoms with Gasteiger partial charge in [0.25, 0.3) is 0 Å². The third-order valence-corrected chi connectivity index (χ3v) is 3.33. The van der Waals surface area contributed by atoms with E-state index in [9.17, 15) is 17.6 Å². The summed E-state index contributed by atoms with van der Waals surface area (Å²) < 4.78 is 52.3. The van der Waals surface area contributed by atoms with Crippen LogP contribution < -0.4 is 0 Å². The molecule has 0 saturated carbocycles. The smallest absolute Gasteiger partial charge is 0.206 e. The van der Waals surface area contributed by atoms with Gasteiger partial charge in [0.05, 0.1) is 5.56 Å². The molecule has 21 heavy (non-hydrogen) atoms. The zero-order valence-electron chi connectivity index (χ0n) is 10.8. The van der Waals surface area contributed by atoms with Crippen molar-refractivity contribution in [2.75, 3.05) is 0 Å². The van der Waals surface area contributed by atoms with E-state index >= 15 is 0 Å². The molecule has 0 aliphatic rings. The Morgan fingerprint density at radius 3 is 2.24 bits per heavy atom. The van der Waals surface area contributed by atoms with Crippen molar-refractivity contribution in [3.63, 3.8) is 0 Å². The summed E-state index contributed by atoms with van der Waals surface area (Å²) in [6.07, 6.45) is -4.41. The fraction of sp³-hybridized carbons (Fsp3) is 0.0588. The van der Waals surface area contributed by atoms with Crippen molar-refractivity contribution in [2.24, 2.45) is 0 Å². The van der Waals surface area contributed by atoms with E-state index in [1.807, 2.05) is 0 Å². The van der Waals surface area contributed by atoms with Gasteiger partial charge in [0.1, 0.15) is 5.82 Å². The molecule has 4 heteroatoms. The monoisotopic (exact) mass is 290 g/mol. The lowest BCUT2D eigenvalue weighted by molar-refractivity contribution is -0.137. The van der Waals surface area contributed by atoms with Crippen LogP contribution in [0.3, 0.4) is 0 Å². The van der Waals surface area contributed by atoms with Gasteiger partial charge in [-0.3, -0.25) is 0 Å². The quantitative estimate of drug-likeness (QED) is 0.507. The van der Waals surface area contributed by atoms with Crippen molar-refractivity contribution in [1.29, 1.82) is 0 Å². The van der Waals surface area contributed by atoms with Gasteiger partial charge in [-0.2, -0.15) is 13.2 Å². The minimum absolute atomic E-state index is 0.342. The second kappa shape index (κ2) is 4.88. The van der Waals surface area contributed by atoms with Gasteiger partial charge in [0.2, 0.25) is 0 Å². The van der Waals surface area contributed by atoms with E-state index in [2.05, 4.69) is 0 Å². The first-order valence-corrected chi connectivity index (χ1v) is 6.31. The Bertz CT molecular complexity index is 803. The summed E-state index contributed by atoms with van der Waals surface area (Å²) in [7, 11) is 0. The third kappa shape index (κ3) is 2.61. The molecule has 0 aromatic heterocycles. The molecule has 0 amide bonds. The molecule has 0 atom stereocenters. The van der Waals surface area contributed by atoms with E-state index < -0.39 is 17.6 Å². The van der Waals surface area contributed by atoms with Crippen molar-refractivity contribution >= 4 is 10.8 Å². The summed E-state index contributed by atoms with van der Waals surface area (Å²) in [5.41, 5.74) is 0.0281. The highest BCUT2D eigenvalue weighted by atomic mass is 19.4. The summed E-state index contributed by atoms with van der Waals surface area (Å²) in [6.45, 7) is 0. The van der Waals surface area contributed by atoms with Gasteiger partial charge < -0.3 is 0 Å². The van der Waals surface area contributed by atoms with E-state index in [1.54, 1.807) is 36.4 Å². The summed E-state index contributed by atoms with van der Waals surface area (Å²) in [4.78, 5) is 0. The molecule has 3 rings (SSSR count). The zero-order valence-corrected chi connectivity index (χ0v) is 10.8. The molecular weight excluding hydrogens is 280 g/mol. The van der Waals surface area contributed by atoms with Gasteiger partial charge in [-0.05, 0) is 40.8 Å². The maximum absolute atomic E-state index is 14.0. The molecule has 0 radical (unpaired) electrons. The third-order valence-electron chi connectivity index (χ3n) is 3.33. The van der Waals surface area contributed by atoms with Crippen LogP contribution in [0.15, 0.2) is 60.7 Å². The number of halogens is 4. The molecule has 3 aromatic rings. The van der Waals surface area contributed by atoms with Crippen LogP contribution in [0.5, 0.6) is 0 Å². The van der Waals surface area contributed by atoms with E-state index in [0.29, 0.717) is 21.9 Å². The molecule has 3 aromatic carbocycles. The first kappa shape index (κ1) is 13.6. The SMILES string of the molecule is Fc1cc(-c2cccc(C(F)(F)F)c2)cc2ccccc12. The first-order chi connectivity index (χ1) is 9.95. The second-order valence-corrected chi connectivity index (χ2v) is 4.76. The number of hydrogen-bond donors (Lipinski definition) is 0. The Kier molecular flexibility index (Phi) is 3.16. The molecule has 0 fully saturated rings. The Morgan fingerprint density at radius 1 is 0.714 bits per heavy atom. The van der Waals surface area contributed by atoms with Crippen LogP contribution in [0.25, 0.3) is 21.9 Å². The van der Waals surface area contributed by atoms with Gasteiger partial charge in [0.15, 0.2) is 0 Å². The van der Waals surface area contributed by atoms with Crippen LogP contribution in [-0.4, -0.2) is 0 Å². The molecule has 0 spiro atoms. The summed E-state index contributed by atoms with van der Waals surface area (Å²) in [5.74, 6) is -0.444. The number of fused-ring (bicyclic) bond motifs is 1. The molecular formula is C17H10F4. The largest absolute Gasteiger partial charge is 0.416 e. The Hall–Kier alpha value is -2.36. The summed E-state index contributed by atoms with van der Waals surface area (Å²) in [6, 6.07) is 14.7.